The van der Waals surface area contributed by atoms with Crippen molar-refractivity contribution in [3.63, 3.8) is 0 Å². The zero-order chi connectivity index (χ0) is 42.6. The van der Waals surface area contributed by atoms with Crippen LogP contribution in [0.25, 0.3) is 0 Å². The Labute approximate surface area is 328 Å². The lowest BCUT2D eigenvalue weighted by atomic mass is 9.98. The molecule has 320 valence electrons. The zero-order valence-corrected chi connectivity index (χ0v) is 31.7. The number of rotatable bonds is 15. The third-order valence-corrected chi connectivity index (χ3v) is 9.12. The van der Waals surface area contributed by atoms with E-state index < -0.39 is 124 Å². The van der Waals surface area contributed by atoms with Crippen molar-refractivity contribution < 1.29 is 94.2 Å². The molecule has 0 saturated carbocycles. The second-order valence-electron chi connectivity index (χ2n) is 13.7. The molecule has 0 aromatic heterocycles. The molecular weight excluding hydrogens is 760 g/mol. The second-order valence-corrected chi connectivity index (χ2v) is 13.7. The molecule has 0 aromatic carbocycles. The SMILES string of the molecule is CC(/C=C/C=C(\C)C(=O)O[C@@H]1O[C@H](CO)[C@@H](O)[C@H](O)[C@H]1O)=C\C=C\C=C(C)\C=C\C=C(/C)C(=O)O[C@@H]1O[C@H](CO[C@@H]2O[C@H](CO)[C@@H](O)[C@H](O)[C@H]2O)[C@@H](O)[C@H](O)[C@H]1O. The Bertz CT molecular complexity index is 1550. The third kappa shape index (κ3) is 13.3. The largest absolute Gasteiger partial charge is 0.429 e. The molecule has 0 unspecified atom stereocenters. The van der Waals surface area contributed by atoms with Crippen LogP contribution in [0.3, 0.4) is 0 Å². The molecule has 19 heteroatoms. The van der Waals surface area contributed by atoms with Gasteiger partial charge in [0.05, 0.1) is 19.8 Å². The first kappa shape index (κ1) is 47.9. The van der Waals surface area contributed by atoms with Gasteiger partial charge in [-0.3, -0.25) is 0 Å². The number of carbonyl (C=O) groups excluding carboxylic acids is 2. The smallest absolute Gasteiger partial charge is 0.336 e. The summed E-state index contributed by atoms with van der Waals surface area (Å²) >= 11 is 0. The maximum Gasteiger partial charge on any atom is 0.336 e. The Hall–Kier alpha value is -3.48. The molecule has 0 spiro atoms. The van der Waals surface area contributed by atoms with E-state index in [0.717, 1.165) is 11.1 Å². The van der Waals surface area contributed by atoms with Crippen LogP contribution in [0.15, 0.2) is 83.1 Å². The van der Waals surface area contributed by atoms with E-state index >= 15 is 0 Å². The van der Waals surface area contributed by atoms with Gasteiger partial charge in [0.2, 0.25) is 12.6 Å². The highest BCUT2D eigenvalue weighted by Crippen LogP contribution is 2.27. The number of ether oxygens (including phenoxy) is 6. The van der Waals surface area contributed by atoms with Crippen molar-refractivity contribution in [2.24, 2.45) is 0 Å². The molecule has 0 aliphatic carbocycles. The van der Waals surface area contributed by atoms with Crippen LogP contribution in [0.1, 0.15) is 27.7 Å². The summed E-state index contributed by atoms with van der Waals surface area (Å²) in [7, 11) is 0. The standard InChI is InChI=1S/C38H54O19/c1-18(11-7-13-20(3)34(50)56-37-32(48)29(45)26(42)23(16-40)54-37)9-5-6-10-19(2)12-8-14-21(4)35(51)57-38-33(49)30(46)27(43)24(55-38)17-52-36-31(47)28(44)25(41)22(15-39)53-36/h5-14,22-33,36-49H,15-17H2,1-4H3/b6-5+,11-7+,12-8+,18-9+,19-10+,20-13+,21-14+/t22-,23-,24-,25-,26-,27-,28+,29+,30+,31-,32-,33-,36-,37+,38+/m1/s1. The number of aliphatic hydroxyl groups is 11. The first-order chi connectivity index (χ1) is 26.9. The molecule has 3 aliphatic rings. The number of aliphatic hydroxyl groups excluding tert-OH is 11. The molecule has 0 radical (unpaired) electrons. The van der Waals surface area contributed by atoms with E-state index in [4.69, 9.17) is 28.4 Å². The summed E-state index contributed by atoms with van der Waals surface area (Å²) in [6.07, 6.45) is -7.55. The van der Waals surface area contributed by atoms with Crippen molar-refractivity contribution in [3.8, 4) is 0 Å². The molecule has 3 fully saturated rings. The first-order valence-corrected chi connectivity index (χ1v) is 18.0. The molecule has 0 amide bonds. The summed E-state index contributed by atoms with van der Waals surface area (Å²) in [6.45, 7) is 4.59. The number of hydrogen-bond acceptors (Lipinski definition) is 19. The molecular formula is C38H54O19. The lowest BCUT2D eigenvalue weighted by Gasteiger charge is -2.42. The second kappa shape index (κ2) is 22.6. The molecule has 3 rings (SSSR count). The van der Waals surface area contributed by atoms with Gasteiger partial charge in [0.25, 0.3) is 0 Å². The van der Waals surface area contributed by atoms with E-state index in [0.29, 0.717) is 0 Å². The fourth-order valence-corrected chi connectivity index (χ4v) is 5.46. The lowest BCUT2D eigenvalue weighted by molar-refractivity contribution is -0.326. The third-order valence-electron chi connectivity index (χ3n) is 9.12. The average Bonchev–Trinajstić information content (AvgIpc) is 3.18. The Morgan fingerprint density at radius 1 is 0.474 bits per heavy atom. The van der Waals surface area contributed by atoms with Crippen molar-refractivity contribution >= 4 is 11.9 Å². The van der Waals surface area contributed by atoms with Crippen LogP contribution in [0.4, 0.5) is 0 Å². The molecule has 3 heterocycles. The highest BCUT2D eigenvalue weighted by atomic mass is 16.7. The average molecular weight is 815 g/mol. The molecule has 3 saturated heterocycles. The fraction of sp³-hybridized carbons (Fsp3) is 0.579. The summed E-state index contributed by atoms with van der Waals surface area (Å²) in [5.74, 6) is -1.75. The minimum Gasteiger partial charge on any atom is -0.429 e. The number of carbonyl (C=O) groups is 2. The van der Waals surface area contributed by atoms with Crippen LogP contribution in [-0.2, 0) is 38.0 Å². The maximum atomic E-state index is 12.7. The van der Waals surface area contributed by atoms with Gasteiger partial charge < -0.3 is 84.6 Å². The van der Waals surface area contributed by atoms with Gasteiger partial charge >= 0.3 is 11.9 Å². The molecule has 19 nitrogen and oxygen atoms in total. The predicted octanol–water partition coefficient (Wildman–Crippen LogP) is -3.05. The van der Waals surface area contributed by atoms with Gasteiger partial charge in [0.15, 0.2) is 6.29 Å². The predicted molar refractivity (Wildman–Crippen MR) is 195 cm³/mol. The van der Waals surface area contributed by atoms with Crippen molar-refractivity contribution in [2.75, 3.05) is 19.8 Å². The minimum atomic E-state index is -1.83. The van der Waals surface area contributed by atoms with Crippen LogP contribution in [0, 0.1) is 0 Å². The van der Waals surface area contributed by atoms with Crippen LogP contribution in [0.2, 0.25) is 0 Å². The molecule has 0 aromatic rings. The first-order valence-electron chi connectivity index (χ1n) is 18.0. The Kier molecular flexibility index (Phi) is 19.0. The number of allylic oxidation sites excluding steroid dienone is 12. The summed E-state index contributed by atoms with van der Waals surface area (Å²) in [4.78, 5) is 25.2. The van der Waals surface area contributed by atoms with E-state index in [9.17, 15) is 65.8 Å². The summed E-state index contributed by atoms with van der Waals surface area (Å²) in [6, 6.07) is 0. The van der Waals surface area contributed by atoms with E-state index in [2.05, 4.69) is 0 Å². The monoisotopic (exact) mass is 814 g/mol. The van der Waals surface area contributed by atoms with Gasteiger partial charge in [-0.15, -0.1) is 0 Å². The van der Waals surface area contributed by atoms with Crippen molar-refractivity contribution in [1.29, 1.82) is 0 Å². The van der Waals surface area contributed by atoms with Gasteiger partial charge in [-0.25, -0.2) is 9.59 Å². The Morgan fingerprint density at radius 3 is 1.23 bits per heavy atom. The quantitative estimate of drug-likeness (QED) is 0.0445. The highest BCUT2D eigenvalue weighted by Gasteiger charge is 2.48. The zero-order valence-electron chi connectivity index (χ0n) is 31.7. The summed E-state index contributed by atoms with van der Waals surface area (Å²) in [5.41, 5.74) is 1.86. The summed E-state index contributed by atoms with van der Waals surface area (Å²) in [5, 5.41) is 110. The van der Waals surface area contributed by atoms with Crippen molar-refractivity contribution in [1.82, 2.24) is 0 Å². The van der Waals surface area contributed by atoms with E-state index in [1.54, 1.807) is 55.5 Å². The van der Waals surface area contributed by atoms with Crippen molar-refractivity contribution in [3.05, 3.63) is 83.1 Å². The van der Waals surface area contributed by atoms with Crippen molar-refractivity contribution in [2.45, 2.75) is 120 Å². The van der Waals surface area contributed by atoms with Gasteiger partial charge in [-0.2, -0.15) is 0 Å². The van der Waals surface area contributed by atoms with Gasteiger partial charge in [-0.05, 0) is 27.7 Å². The van der Waals surface area contributed by atoms with Crippen LogP contribution in [-0.4, -0.2) is 180 Å². The van der Waals surface area contributed by atoms with E-state index in [-0.39, 0.29) is 11.1 Å². The molecule has 11 N–H and O–H groups in total. The Morgan fingerprint density at radius 2 is 0.825 bits per heavy atom. The normalized spacial score (nSPS) is 37.6. The van der Waals surface area contributed by atoms with Crippen LogP contribution in [0.5, 0.6) is 0 Å². The topological polar surface area (TPSA) is 312 Å². The van der Waals surface area contributed by atoms with Gasteiger partial charge in [0, 0.05) is 11.1 Å². The molecule has 57 heavy (non-hydrogen) atoms. The molecule has 15 atom stereocenters. The number of esters is 2. The minimum absolute atomic E-state index is 0.0944. The van der Waals surface area contributed by atoms with E-state index in [1.807, 2.05) is 6.92 Å². The van der Waals surface area contributed by atoms with Gasteiger partial charge in [-0.1, -0.05) is 71.9 Å². The Balaban J connectivity index is 1.48. The maximum absolute atomic E-state index is 12.7. The van der Waals surface area contributed by atoms with E-state index in [1.165, 1.54) is 26.0 Å². The highest BCUT2D eigenvalue weighted by molar-refractivity contribution is 5.88. The van der Waals surface area contributed by atoms with Gasteiger partial charge in [0.1, 0.15) is 73.2 Å². The van der Waals surface area contributed by atoms with Crippen LogP contribution < -0.4 is 0 Å². The number of hydrogen-bond donors (Lipinski definition) is 11. The van der Waals surface area contributed by atoms with Crippen LogP contribution >= 0.6 is 0 Å². The molecule has 0 bridgehead atoms. The lowest BCUT2D eigenvalue weighted by Crippen LogP contribution is -2.61. The molecule has 3 aliphatic heterocycles. The fourth-order valence-electron chi connectivity index (χ4n) is 5.46. The summed E-state index contributed by atoms with van der Waals surface area (Å²) < 4.78 is 31.6.